The van der Waals surface area contributed by atoms with Crippen molar-refractivity contribution in [3.8, 4) is 11.8 Å². The van der Waals surface area contributed by atoms with Crippen molar-refractivity contribution >= 4 is 28.5 Å². The molecule has 1 aliphatic rings. The van der Waals surface area contributed by atoms with Crippen molar-refractivity contribution in [1.82, 2.24) is 14.5 Å². The highest BCUT2D eigenvalue weighted by Gasteiger charge is 2.33. The summed E-state index contributed by atoms with van der Waals surface area (Å²) in [5.41, 5.74) is 4.28. The first-order valence-corrected chi connectivity index (χ1v) is 13.1. The second kappa shape index (κ2) is 10.5. The lowest BCUT2D eigenvalue weighted by Gasteiger charge is -2.37. The number of benzene rings is 1. The SMILES string of the molecule is COc1cc(C#N)cc(C(=O)Nc2cnc3c(c(C4CCN(C(=O)[C@H](C)C(C)(C)C)CC4)cn3C)c2C)c1. The highest BCUT2D eigenvalue weighted by atomic mass is 16.5. The molecular formula is C30H37N5O3. The Kier molecular flexibility index (Phi) is 7.50. The summed E-state index contributed by atoms with van der Waals surface area (Å²) in [6, 6.07) is 6.81. The lowest BCUT2D eigenvalue weighted by Crippen LogP contribution is -2.43. The smallest absolute Gasteiger partial charge is 0.255 e. The lowest BCUT2D eigenvalue weighted by molar-refractivity contribution is -0.139. The maximum Gasteiger partial charge on any atom is 0.255 e. The molecule has 200 valence electrons. The second-order valence-electron chi connectivity index (χ2n) is 11.4. The van der Waals surface area contributed by atoms with Crippen LogP contribution in [-0.2, 0) is 11.8 Å². The molecule has 1 aromatic carbocycles. The van der Waals surface area contributed by atoms with E-state index in [0.29, 0.717) is 28.5 Å². The maximum absolute atomic E-state index is 13.1. The molecule has 0 aliphatic carbocycles. The summed E-state index contributed by atoms with van der Waals surface area (Å²) in [7, 11) is 3.49. The number of methoxy groups -OCH3 is 1. The molecule has 4 rings (SSSR count). The highest BCUT2D eigenvalue weighted by Crippen LogP contribution is 2.38. The molecule has 38 heavy (non-hydrogen) atoms. The van der Waals surface area contributed by atoms with Crippen LogP contribution in [0.15, 0.2) is 30.6 Å². The molecule has 0 spiro atoms. The van der Waals surface area contributed by atoms with Crippen LogP contribution in [-0.4, -0.2) is 46.5 Å². The quantitative estimate of drug-likeness (QED) is 0.490. The van der Waals surface area contributed by atoms with Crippen molar-refractivity contribution in [2.24, 2.45) is 18.4 Å². The zero-order chi connectivity index (χ0) is 27.8. The standard InChI is InChI=1S/C30H37N5O3/c1-18-25(33-28(36)22-12-20(15-31)13-23(14-22)38-7)16-32-27-26(18)24(17-34(27)6)21-8-10-35(11-9-21)29(37)19(2)30(3,4)5/h12-14,16-17,19,21H,8-11H2,1-7H3,(H,33,36)/t19-/m0/s1. The van der Waals surface area contributed by atoms with Crippen LogP contribution < -0.4 is 10.1 Å². The maximum atomic E-state index is 13.1. The normalized spacial score (nSPS) is 15.3. The van der Waals surface area contributed by atoms with Crippen LogP contribution in [0.25, 0.3) is 11.0 Å². The molecule has 1 fully saturated rings. The molecule has 8 heteroatoms. The predicted octanol–water partition coefficient (Wildman–Crippen LogP) is 5.40. The number of carbonyl (C=O) groups is 2. The number of amides is 2. The summed E-state index contributed by atoms with van der Waals surface area (Å²) in [6.45, 7) is 11.8. The molecule has 2 aromatic heterocycles. The Hall–Kier alpha value is -3.86. The third-order valence-electron chi connectivity index (χ3n) is 7.97. The van der Waals surface area contributed by atoms with E-state index in [1.165, 1.54) is 12.7 Å². The molecule has 0 unspecified atom stereocenters. The number of carbonyl (C=O) groups excluding carboxylic acids is 2. The number of pyridine rings is 1. The van der Waals surface area contributed by atoms with Gasteiger partial charge in [0.05, 0.1) is 30.6 Å². The predicted molar refractivity (Wildman–Crippen MR) is 148 cm³/mol. The summed E-state index contributed by atoms with van der Waals surface area (Å²) in [6.07, 6.45) is 5.59. The summed E-state index contributed by atoms with van der Waals surface area (Å²) in [5.74, 6) is 0.626. The van der Waals surface area contributed by atoms with E-state index in [1.54, 1.807) is 24.4 Å². The Morgan fingerprint density at radius 2 is 1.89 bits per heavy atom. The van der Waals surface area contributed by atoms with Gasteiger partial charge < -0.3 is 19.5 Å². The number of nitrogens with zero attached hydrogens (tertiary/aromatic N) is 4. The van der Waals surface area contributed by atoms with E-state index >= 15 is 0 Å². The first-order valence-electron chi connectivity index (χ1n) is 13.1. The molecule has 0 radical (unpaired) electrons. The summed E-state index contributed by atoms with van der Waals surface area (Å²) in [4.78, 5) is 32.8. The Morgan fingerprint density at radius 1 is 1.21 bits per heavy atom. The van der Waals surface area contributed by atoms with Gasteiger partial charge in [-0.15, -0.1) is 0 Å². The van der Waals surface area contributed by atoms with Gasteiger partial charge in [-0.1, -0.05) is 27.7 Å². The Balaban J connectivity index is 1.58. The van der Waals surface area contributed by atoms with Gasteiger partial charge in [-0.2, -0.15) is 5.26 Å². The molecule has 1 aliphatic heterocycles. The first-order chi connectivity index (χ1) is 17.9. The van der Waals surface area contributed by atoms with Gasteiger partial charge in [0.15, 0.2) is 0 Å². The third-order valence-corrected chi connectivity index (χ3v) is 7.97. The molecule has 1 saturated heterocycles. The van der Waals surface area contributed by atoms with Gasteiger partial charge >= 0.3 is 0 Å². The number of aromatic nitrogens is 2. The van der Waals surface area contributed by atoms with Gasteiger partial charge in [0, 0.05) is 43.2 Å². The monoisotopic (exact) mass is 515 g/mol. The molecule has 3 aromatic rings. The van der Waals surface area contributed by atoms with Crippen LogP contribution in [0.5, 0.6) is 5.75 Å². The molecule has 1 N–H and O–H groups in total. The number of aryl methyl sites for hydroxylation is 2. The number of ether oxygens (including phenoxy) is 1. The van der Waals surface area contributed by atoms with Crippen molar-refractivity contribution in [2.45, 2.75) is 53.4 Å². The molecule has 0 saturated carbocycles. The van der Waals surface area contributed by atoms with Crippen molar-refractivity contribution in [3.63, 3.8) is 0 Å². The average Bonchev–Trinajstić information content (AvgIpc) is 3.25. The van der Waals surface area contributed by atoms with E-state index < -0.39 is 0 Å². The lowest BCUT2D eigenvalue weighted by atomic mass is 9.80. The number of hydrogen-bond donors (Lipinski definition) is 1. The zero-order valence-corrected chi connectivity index (χ0v) is 23.4. The number of piperidine rings is 1. The number of nitrogens with one attached hydrogen (secondary N) is 1. The van der Waals surface area contributed by atoms with Gasteiger partial charge in [0.25, 0.3) is 5.91 Å². The first kappa shape index (κ1) is 27.2. The molecule has 0 bridgehead atoms. The third kappa shape index (κ3) is 5.24. The van der Waals surface area contributed by atoms with Gasteiger partial charge in [-0.05, 0) is 60.4 Å². The van der Waals surface area contributed by atoms with Crippen LogP contribution >= 0.6 is 0 Å². The largest absolute Gasteiger partial charge is 0.497 e. The minimum atomic E-state index is -0.332. The summed E-state index contributed by atoms with van der Waals surface area (Å²) >= 11 is 0. The van der Waals surface area contributed by atoms with Gasteiger partial charge in [-0.25, -0.2) is 4.98 Å². The Morgan fingerprint density at radius 3 is 2.50 bits per heavy atom. The fourth-order valence-corrected chi connectivity index (χ4v) is 5.13. The van der Waals surface area contributed by atoms with Gasteiger partial charge in [0.2, 0.25) is 5.91 Å². The van der Waals surface area contributed by atoms with E-state index in [-0.39, 0.29) is 23.1 Å². The topological polar surface area (TPSA) is 100 Å². The Bertz CT molecular complexity index is 1420. The fraction of sp³-hybridized carbons (Fsp3) is 0.467. The highest BCUT2D eigenvalue weighted by molar-refractivity contribution is 6.06. The van der Waals surface area contributed by atoms with E-state index in [2.05, 4.69) is 43.3 Å². The minimum Gasteiger partial charge on any atom is -0.497 e. The molecule has 3 heterocycles. The van der Waals surface area contributed by atoms with Crippen molar-refractivity contribution in [3.05, 3.63) is 52.8 Å². The van der Waals surface area contributed by atoms with Crippen LogP contribution in [0.4, 0.5) is 5.69 Å². The van der Waals surface area contributed by atoms with E-state index in [4.69, 9.17) is 4.74 Å². The number of fused-ring (bicyclic) bond motifs is 1. The van der Waals surface area contributed by atoms with Gasteiger partial charge in [0.1, 0.15) is 11.4 Å². The number of nitriles is 1. The van der Waals surface area contributed by atoms with Crippen LogP contribution in [0.3, 0.4) is 0 Å². The molecule has 8 nitrogen and oxygen atoms in total. The number of hydrogen-bond acceptors (Lipinski definition) is 5. The molecule has 2 amide bonds. The molecular weight excluding hydrogens is 478 g/mol. The van der Waals surface area contributed by atoms with Crippen molar-refractivity contribution in [1.29, 1.82) is 5.26 Å². The van der Waals surface area contributed by atoms with E-state index in [9.17, 15) is 14.9 Å². The van der Waals surface area contributed by atoms with Gasteiger partial charge in [-0.3, -0.25) is 9.59 Å². The summed E-state index contributed by atoms with van der Waals surface area (Å²) in [5, 5.41) is 13.3. The van der Waals surface area contributed by atoms with Crippen molar-refractivity contribution in [2.75, 3.05) is 25.5 Å². The van der Waals surface area contributed by atoms with Crippen LogP contribution in [0.2, 0.25) is 0 Å². The van der Waals surface area contributed by atoms with Crippen LogP contribution in [0.1, 0.15) is 73.5 Å². The fourth-order valence-electron chi connectivity index (χ4n) is 5.13. The number of rotatable bonds is 5. The summed E-state index contributed by atoms with van der Waals surface area (Å²) < 4.78 is 7.28. The minimum absolute atomic E-state index is 0.0250. The van der Waals surface area contributed by atoms with E-state index in [1.807, 2.05) is 30.4 Å². The second-order valence-corrected chi connectivity index (χ2v) is 11.4. The van der Waals surface area contributed by atoms with Crippen LogP contribution in [0, 0.1) is 29.6 Å². The number of anilines is 1. The number of likely N-dealkylation sites (tertiary alicyclic amines) is 1. The van der Waals surface area contributed by atoms with Crippen molar-refractivity contribution < 1.29 is 14.3 Å². The average molecular weight is 516 g/mol. The zero-order valence-electron chi connectivity index (χ0n) is 23.4. The molecule has 1 atom stereocenters. The Labute approximate surface area is 224 Å². The van der Waals surface area contributed by atoms with E-state index in [0.717, 1.165) is 42.5 Å².